The number of amides is 1. The molecule has 4 nitrogen and oxygen atoms in total. The Morgan fingerprint density at radius 1 is 1.00 bits per heavy atom. The summed E-state index contributed by atoms with van der Waals surface area (Å²) in [6.45, 7) is 6.38. The van der Waals surface area contributed by atoms with E-state index in [-0.39, 0.29) is 11.8 Å². The van der Waals surface area contributed by atoms with Crippen molar-refractivity contribution in [2.24, 2.45) is 0 Å². The van der Waals surface area contributed by atoms with E-state index in [1.54, 1.807) is 0 Å². The minimum absolute atomic E-state index is 0.0590. The minimum atomic E-state index is 0.0590. The zero-order chi connectivity index (χ0) is 17.6. The Bertz CT molecular complexity index is 676. The SMILES string of the molecule is C[C@@H](CC(=O)Nc1ccc(N2CCN(C)CC2)cc1)c1ccccc1. The number of anilines is 2. The average molecular weight is 337 g/mol. The highest BCUT2D eigenvalue weighted by molar-refractivity contribution is 5.91. The van der Waals surface area contributed by atoms with Crippen molar-refractivity contribution < 1.29 is 4.79 Å². The molecule has 1 heterocycles. The van der Waals surface area contributed by atoms with Crippen molar-refractivity contribution in [3.63, 3.8) is 0 Å². The first-order valence-corrected chi connectivity index (χ1v) is 9.00. The van der Waals surface area contributed by atoms with Crippen LogP contribution >= 0.6 is 0 Å². The fourth-order valence-corrected chi connectivity index (χ4v) is 3.21. The van der Waals surface area contributed by atoms with Gasteiger partial charge in [-0.15, -0.1) is 0 Å². The highest BCUT2D eigenvalue weighted by Gasteiger charge is 2.15. The van der Waals surface area contributed by atoms with Crippen molar-refractivity contribution in [1.82, 2.24) is 4.90 Å². The predicted octanol–water partition coefficient (Wildman–Crippen LogP) is 3.57. The molecule has 0 unspecified atom stereocenters. The van der Waals surface area contributed by atoms with Gasteiger partial charge in [-0.05, 0) is 42.8 Å². The largest absolute Gasteiger partial charge is 0.369 e. The number of piperazine rings is 1. The summed E-state index contributed by atoms with van der Waals surface area (Å²) in [6, 6.07) is 18.4. The fourth-order valence-electron chi connectivity index (χ4n) is 3.21. The van der Waals surface area contributed by atoms with E-state index < -0.39 is 0 Å². The Balaban J connectivity index is 1.53. The molecule has 132 valence electrons. The fraction of sp³-hybridized carbons (Fsp3) is 0.381. The molecule has 25 heavy (non-hydrogen) atoms. The summed E-state index contributed by atoms with van der Waals surface area (Å²) in [4.78, 5) is 17.0. The van der Waals surface area contributed by atoms with Gasteiger partial charge in [0.15, 0.2) is 0 Å². The third kappa shape index (κ3) is 4.83. The highest BCUT2D eigenvalue weighted by atomic mass is 16.1. The summed E-state index contributed by atoms with van der Waals surface area (Å²) in [5, 5.41) is 3.01. The normalized spacial score (nSPS) is 16.5. The topological polar surface area (TPSA) is 35.6 Å². The Labute approximate surface area is 150 Å². The van der Waals surface area contributed by atoms with Crippen molar-refractivity contribution in [2.75, 3.05) is 43.4 Å². The molecule has 1 aliphatic rings. The van der Waals surface area contributed by atoms with Crippen molar-refractivity contribution in [3.8, 4) is 0 Å². The molecule has 0 saturated carbocycles. The van der Waals surface area contributed by atoms with E-state index in [2.05, 4.69) is 53.4 Å². The number of carbonyl (C=O) groups excluding carboxylic acids is 1. The number of hydrogen-bond donors (Lipinski definition) is 1. The molecule has 3 rings (SSSR count). The standard InChI is InChI=1S/C21H27N3O/c1-17(18-6-4-3-5-7-18)16-21(25)22-19-8-10-20(11-9-19)24-14-12-23(2)13-15-24/h3-11,17H,12-16H2,1-2H3,(H,22,25)/t17-/m0/s1. The number of hydrogen-bond acceptors (Lipinski definition) is 3. The van der Waals surface area contributed by atoms with Gasteiger partial charge in [0.25, 0.3) is 0 Å². The number of benzene rings is 2. The van der Waals surface area contributed by atoms with E-state index in [9.17, 15) is 4.79 Å². The number of nitrogens with one attached hydrogen (secondary N) is 1. The molecule has 0 bridgehead atoms. The van der Waals surface area contributed by atoms with Crippen LogP contribution in [-0.4, -0.2) is 44.0 Å². The maximum Gasteiger partial charge on any atom is 0.224 e. The van der Waals surface area contributed by atoms with Gasteiger partial charge in [-0.3, -0.25) is 4.79 Å². The van der Waals surface area contributed by atoms with E-state index in [1.165, 1.54) is 11.3 Å². The second-order valence-corrected chi connectivity index (χ2v) is 6.90. The Hall–Kier alpha value is -2.33. The molecule has 1 fully saturated rings. The summed E-state index contributed by atoms with van der Waals surface area (Å²) < 4.78 is 0. The lowest BCUT2D eigenvalue weighted by molar-refractivity contribution is -0.116. The van der Waals surface area contributed by atoms with Gasteiger partial charge in [-0.2, -0.15) is 0 Å². The van der Waals surface area contributed by atoms with Gasteiger partial charge in [0.05, 0.1) is 0 Å². The van der Waals surface area contributed by atoms with E-state index in [0.717, 1.165) is 31.9 Å². The van der Waals surface area contributed by atoms with Gasteiger partial charge in [0.2, 0.25) is 5.91 Å². The molecule has 0 radical (unpaired) electrons. The zero-order valence-corrected chi connectivity index (χ0v) is 15.1. The van der Waals surface area contributed by atoms with Crippen molar-refractivity contribution in [2.45, 2.75) is 19.3 Å². The zero-order valence-electron chi connectivity index (χ0n) is 15.1. The monoisotopic (exact) mass is 337 g/mol. The molecule has 2 aromatic rings. The van der Waals surface area contributed by atoms with Gasteiger partial charge in [-0.25, -0.2) is 0 Å². The number of rotatable bonds is 5. The Kier molecular flexibility index (Phi) is 5.71. The maximum atomic E-state index is 12.3. The smallest absolute Gasteiger partial charge is 0.224 e. The van der Waals surface area contributed by atoms with Crippen LogP contribution in [0.25, 0.3) is 0 Å². The molecule has 1 atom stereocenters. The molecule has 1 saturated heterocycles. The molecule has 0 aliphatic carbocycles. The van der Waals surface area contributed by atoms with Crippen LogP contribution in [0.15, 0.2) is 54.6 Å². The van der Waals surface area contributed by atoms with Crippen LogP contribution in [0, 0.1) is 0 Å². The quantitative estimate of drug-likeness (QED) is 0.906. The van der Waals surface area contributed by atoms with Gasteiger partial charge in [-0.1, -0.05) is 37.3 Å². The summed E-state index contributed by atoms with van der Waals surface area (Å²) in [5.74, 6) is 0.273. The molecule has 1 N–H and O–H groups in total. The lowest BCUT2D eigenvalue weighted by Gasteiger charge is -2.34. The summed E-state index contributed by atoms with van der Waals surface area (Å²) in [7, 11) is 2.16. The molecular weight excluding hydrogens is 310 g/mol. The van der Waals surface area contributed by atoms with Crippen molar-refractivity contribution in [1.29, 1.82) is 0 Å². The third-order valence-electron chi connectivity index (χ3n) is 4.88. The molecule has 4 heteroatoms. The van der Waals surface area contributed by atoms with Crippen LogP contribution < -0.4 is 10.2 Å². The van der Waals surface area contributed by atoms with Crippen LogP contribution in [0.3, 0.4) is 0 Å². The Morgan fingerprint density at radius 2 is 1.64 bits per heavy atom. The van der Waals surface area contributed by atoms with Crippen molar-refractivity contribution in [3.05, 3.63) is 60.2 Å². The van der Waals surface area contributed by atoms with Crippen LogP contribution in [0.1, 0.15) is 24.8 Å². The first-order chi connectivity index (χ1) is 12.1. The first kappa shape index (κ1) is 17.5. The van der Waals surface area contributed by atoms with Gasteiger partial charge >= 0.3 is 0 Å². The molecular formula is C21H27N3O. The molecule has 1 aliphatic heterocycles. The second kappa shape index (κ2) is 8.17. The summed E-state index contributed by atoms with van der Waals surface area (Å²) in [6.07, 6.45) is 0.490. The van der Waals surface area contributed by atoms with Crippen LogP contribution in [-0.2, 0) is 4.79 Å². The van der Waals surface area contributed by atoms with Gasteiger partial charge < -0.3 is 15.1 Å². The first-order valence-electron chi connectivity index (χ1n) is 9.00. The Morgan fingerprint density at radius 3 is 2.28 bits per heavy atom. The van der Waals surface area contributed by atoms with Crippen LogP contribution in [0.5, 0.6) is 0 Å². The van der Waals surface area contributed by atoms with Crippen molar-refractivity contribution >= 4 is 17.3 Å². The van der Waals surface area contributed by atoms with Crippen LogP contribution in [0.2, 0.25) is 0 Å². The third-order valence-corrected chi connectivity index (χ3v) is 4.88. The minimum Gasteiger partial charge on any atom is -0.369 e. The molecule has 0 spiro atoms. The van der Waals surface area contributed by atoms with E-state index in [4.69, 9.17) is 0 Å². The van der Waals surface area contributed by atoms with Gasteiger partial charge in [0.1, 0.15) is 0 Å². The number of carbonyl (C=O) groups is 1. The average Bonchev–Trinajstić information content (AvgIpc) is 2.64. The van der Waals surface area contributed by atoms with E-state index in [0.29, 0.717) is 6.42 Å². The highest BCUT2D eigenvalue weighted by Crippen LogP contribution is 2.22. The lowest BCUT2D eigenvalue weighted by atomic mass is 9.97. The predicted molar refractivity (Wildman–Crippen MR) is 104 cm³/mol. The molecule has 1 amide bonds. The lowest BCUT2D eigenvalue weighted by Crippen LogP contribution is -2.44. The number of nitrogens with zero attached hydrogens (tertiary/aromatic N) is 2. The summed E-state index contributed by atoms with van der Waals surface area (Å²) in [5.41, 5.74) is 3.29. The summed E-state index contributed by atoms with van der Waals surface area (Å²) >= 11 is 0. The van der Waals surface area contributed by atoms with E-state index in [1.807, 2.05) is 30.3 Å². The molecule has 0 aromatic heterocycles. The second-order valence-electron chi connectivity index (χ2n) is 6.90. The maximum absolute atomic E-state index is 12.3. The number of likely N-dealkylation sites (N-methyl/N-ethyl adjacent to an activating group) is 1. The van der Waals surface area contributed by atoms with E-state index >= 15 is 0 Å². The molecule has 2 aromatic carbocycles. The van der Waals surface area contributed by atoms with Gasteiger partial charge in [0, 0.05) is 44.0 Å². The van der Waals surface area contributed by atoms with Crippen LogP contribution in [0.4, 0.5) is 11.4 Å².